The third kappa shape index (κ3) is 8.84. The molecule has 0 atom stereocenters. The van der Waals surface area contributed by atoms with E-state index in [1.165, 1.54) is 0 Å². The van der Waals surface area contributed by atoms with Gasteiger partial charge in [-0.15, -0.1) is 0 Å². The van der Waals surface area contributed by atoms with Crippen LogP contribution in [-0.2, 0) is 40.8 Å². The molecular weight excluding hydrogens is 530 g/mol. The average molecular weight is 530 g/mol. The average Bonchev–Trinajstić information content (AvgIpc) is 1.00. The van der Waals surface area contributed by atoms with E-state index in [0.29, 0.717) is 0 Å². The van der Waals surface area contributed by atoms with Gasteiger partial charge in [0.05, 0.1) is 0 Å². The first-order valence-corrected chi connectivity index (χ1v) is 4.50. The summed E-state index contributed by atoms with van der Waals surface area (Å²) in [7, 11) is 0. The molecule has 0 nitrogen and oxygen atoms in total. The molecule has 0 rings (SSSR count). The summed E-state index contributed by atoms with van der Waals surface area (Å²) in [5.74, 6) is 0. The van der Waals surface area contributed by atoms with Crippen molar-refractivity contribution in [3.05, 3.63) is 0 Å². The van der Waals surface area contributed by atoms with Gasteiger partial charge < -0.3 is 0 Å². The molecule has 0 aromatic rings. The minimum absolute atomic E-state index is 0. The van der Waals surface area contributed by atoms with Crippen LogP contribution < -0.4 is 0 Å². The molecule has 0 aromatic heterocycles. The fourth-order valence-corrected chi connectivity index (χ4v) is 0. The Morgan fingerprint density at radius 2 is 0.750 bits per heavy atom. The Morgan fingerprint density at radius 3 is 0.750 bits per heavy atom. The minimum atomic E-state index is 0. The number of hydrogen-bond acceptors (Lipinski definition) is 0. The van der Waals surface area contributed by atoms with Crippen LogP contribution in [0.1, 0.15) is 0 Å². The Balaban J connectivity index is -0.00000000500. The van der Waals surface area contributed by atoms with Crippen molar-refractivity contribution in [1.82, 2.24) is 0 Å². The maximum atomic E-state index is 2.50. The molecule has 4 heteroatoms. The van der Waals surface area contributed by atoms with Gasteiger partial charge in [-0.2, -0.15) is 0 Å². The first kappa shape index (κ1) is 16.2. The Hall–Kier alpha value is 2.36. The van der Waals surface area contributed by atoms with Crippen molar-refractivity contribution < 1.29 is 40.8 Å². The predicted molar refractivity (Wildman–Crippen MR) is 11.5 cm³/mol. The van der Waals surface area contributed by atoms with Gasteiger partial charge in [0.15, 0.2) is 0 Å². The van der Waals surface area contributed by atoms with Gasteiger partial charge in [-0.05, 0) is 0 Å². The van der Waals surface area contributed by atoms with E-state index in [-0.39, 0.29) is 40.8 Å². The SMILES string of the molecule is [Re].[Re].[Se][Se]. The Bertz CT molecular complexity index is 4.00. The molecule has 0 spiro atoms. The van der Waals surface area contributed by atoms with Crippen molar-refractivity contribution in [2.45, 2.75) is 0 Å². The summed E-state index contributed by atoms with van der Waals surface area (Å²) in [6.07, 6.45) is 0. The molecule has 4 radical (unpaired) electrons. The van der Waals surface area contributed by atoms with Gasteiger partial charge in [0, 0.05) is 40.8 Å². The summed E-state index contributed by atoms with van der Waals surface area (Å²) >= 11 is 5.00. The topological polar surface area (TPSA) is 0 Å². The van der Waals surface area contributed by atoms with Crippen LogP contribution in [0.25, 0.3) is 0 Å². The van der Waals surface area contributed by atoms with E-state index in [9.17, 15) is 0 Å². The Kier molecular flexibility index (Phi) is 74.0. The predicted octanol–water partition coefficient (Wildman–Crippen LogP) is -0.767. The third-order valence-electron chi connectivity index (χ3n) is 0. The number of rotatable bonds is 0. The first-order valence-electron chi connectivity index (χ1n) is 0.167. The van der Waals surface area contributed by atoms with E-state index in [1.54, 1.807) is 0 Å². The van der Waals surface area contributed by atoms with Crippen molar-refractivity contribution in [2.24, 2.45) is 0 Å². The quantitative estimate of drug-likeness (QED) is 0.362. The summed E-state index contributed by atoms with van der Waals surface area (Å²) in [4.78, 5) is 0. The van der Waals surface area contributed by atoms with E-state index in [0.717, 1.165) is 0 Å². The third-order valence-corrected chi connectivity index (χ3v) is 0. The van der Waals surface area contributed by atoms with Crippen LogP contribution >= 0.6 is 0 Å². The monoisotopic (exact) mass is 534 g/mol. The molecule has 4 heavy (non-hydrogen) atoms. The molecule has 0 aliphatic rings. The molecule has 0 saturated carbocycles. The van der Waals surface area contributed by atoms with Crippen LogP contribution in [0.4, 0.5) is 0 Å². The van der Waals surface area contributed by atoms with Crippen molar-refractivity contribution in [3.8, 4) is 0 Å². The van der Waals surface area contributed by atoms with Crippen LogP contribution in [0.15, 0.2) is 0 Å². The zero-order chi connectivity index (χ0) is 2.00. The first-order chi connectivity index (χ1) is 1.00. The van der Waals surface area contributed by atoms with Crippen LogP contribution in [0, 0.1) is 0 Å². The normalized spacial score (nSPS) is 1.50. The van der Waals surface area contributed by atoms with Crippen LogP contribution in [0.5, 0.6) is 0 Å². The molecule has 0 fully saturated rings. The standard InChI is InChI=1S/2Re.Se2/c;;1-2. The van der Waals surface area contributed by atoms with Gasteiger partial charge in [-0.3, -0.25) is 0 Å². The second-order valence-corrected chi connectivity index (χ2v) is 0. The second kappa shape index (κ2) is 18.3. The van der Waals surface area contributed by atoms with E-state index in [1.807, 2.05) is 0 Å². The van der Waals surface area contributed by atoms with E-state index in [2.05, 4.69) is 28.4 Å². The molecular formula is Re2Se2. The fraction of sp³-hybridized carbons (Fsp3) is 0. The van der Waals surface area contributed by atoms with Crippen LogP contribution in [0.3, 0.4) is 0 Å². The van der Waals surface area contributed by atoms with E-state index in [4.69, 9.17) is 0 Å². The number of hydrogen-bond donors (Lipinski definition) is 0. The summed E-state index contributed by atoms with van der Waals surface area (Å²) in [5.41, 5.74) is 0. The molecule has 0 N–H and O–H groups in total. The van der Waals surface area contributed by atoms with Crippen LogP contribution in [0.2, 0.25) is 0 Å². The molecule has 0 heterocycles. The Morgan fingerprint density at radius 1 is 0.750 bits per heavy atom. The van der Waals surface area contributed by atoms with Gasteiger partial charge in [0.2, 0.25) is 0 Å². The second-order valence-electron chi connectivity index (χ2n) is 0. The zero-order valence-electron chi connectivity index (χ0n) is 1.57. The summed E-state index contributed by atoms with van der Waals surface area (Å²) in [5, 5.41) is 0. The van der Waals surface area contributed by atoms with Gasteiger partial charge >= 0.3 is 28.4 Å². The van der Waals surface area contributed by atoms with Gasteiger partial charge in [0.25, 0.3) is 0 Å². The van der Waals surface area contributed by atoms with Crippen molar-refractivity contribution in [1.29, 1.82) is 0 Å². The van der Waals surface area contributed by atoms with E-state index < -0.39 is 0 Å². The molecule has 0 unspecified atom stereocenters. The van der Waals surface area contributed by atoms with Gasteiger partial charge in [-0.25, -0.2) is 0 Å². The molecule has 0 bridgehead atoms. The van der Waals surface area contributed by atoms with Gasteiger partial charge in [-0.1, -0.05) is 0 Å². The van der Waals surface area contributed by atoms with E-state index >= 15 is 0 Å². The zero-order valence-corrected chi connectivity index (χ0v) is 10.4. The molecule has 0 saturated heterocycles. The molecule has 0 aromatic carbocycles. The summed E-state index contributed by atoms with van der Waals surface area (Å²) in [6.45, 7) is 0. The summed E-state index contributed by atoms with van der Waals surface area (Å²) in [6, 6.07) is 0. The van der Waals surface area contributed by atoms with Crippen LogP contribution in [-0.4, -0.2) is 28.4 Å². The van der Waals surface area contributed by atoms with Crippen molar-refractivity contribution >= 4 is 28.4 Å². The van der Waals surface area contributed by atoms with Crippen molar-refractivity contribution in [3.63, 3.8) is 0 Å². The maximum absolute atomic E-state index is 2.50. The van der Waals surface area contributed by atoms with Gasteiger partial charge in [0.1, 0.15) is 0 Å². The Labute approximate surface area is 68.4 Å². The molecule has 26 valence electrons. The summed E-state index contributed by atoms with van der Waals surface area (Å²) < 4.78 is 0. The molecule has 0 amide bonds. The van der Waals surface area contributed by atoms with Crippen molar-refractivity contribution in [2.75, 3.05) is 0 Å². The fourth-order valence-electron chi connectivity index (χ4n) is 0. The molecule has 0 aliphatic heterocycles. The molecule has 0 aliphatic carbocycles.